The fourth-order valence-corrected chi connectivity index (χ4v) is 5.32. The van der Waals surface area contributed by atoms with Crippen molar-refractivity contribution in [3.05, 3.63) is 40.2 Å². The minimum atomic E-state index is -4.35. The van der Waals surface area contributed by atoms with Gasteiger partial charge in [0.15, 0.2) is 0 Å². The number of nitrogens with zero attached hydrogens (tertiary/aromatic N) is 2. The SMILES string of the molecule is FC(F)(F)c1ccccc1-c1csc(C2CCN(C3CCCC3)CC2)n1. The standard InChI is InChI=1S/C20H23F3N2S/c21-20(22,23)17-8-4-3-7-16(17)18-13-26-19(24-18)14-9-11-25(12-10-14)15-5-1-2-6-15/h3-4,7-8,13-15H,1-2,5-6,9-12H2. The number of aromatic nitrogens is 1. The van der Waals surface area contributed by atoms with Crippen molar-refractivity contribution in [3.63, 3.8) is 0 Å². The van der Waals surface area contributed by atoms with Gasteiger partial charge in [0.1, 0.15) is 0 Å². The second-order valence-corrected chi connectivity index (χ2v) is 8.25. The van der Waals surface area contributed by atoms with Crippen LogP contribution in [0.1, 0.15) is 55.0 Å². The third-order valence-electron chi connectivity index (χ3n) is 5.75. The summed E-state index contributed by atoms with van der Waals surface area (Å²) in [6.07, 6.45) is 3.10. The van der Waals surface area contributed by atoms with Gasteiger partial charge in [-0.15, -0.1) is 11.3 Å². The number of rotatable bonds is 3. The van der Waals surface area contributed by atoms with Gasteiger partial charge in [-0.2, -0.15) is 13.2 Å². The first-order valence-electron chi connectivity index (χ1n) is 9.38. The van der Waals surface area contributed by atoms with Gasteiger partial charge in [0.25, 0.3) is 0 Å². The Bertz CT molecular complexity index is 742. The molecule has 2 nitrogen and oxygen atoms in total. The van der Waals surface area contributed by atoms with Crippen molar-refractivity contribution in [2.75, 3.05) is 13.1 Å². The lowest BCUT2D eigenvalue weighted by Gasteiger charge is -2.35. The number of piperidine rings is 1. The van der Waals surface area contributed by atoms with E-state index >= 15 is 0 Å². The molecule has 0 bridgehead atoms. The first-order chi connectivity index (χ1) is 12.5. The Morgan fingerprint density at radius 2 is 1.69 bits per heavy atom. The molecule has 0 spiro atoms. The van der Waals surface area contributed by atoms with E-state index in [1.54, 1.807) is 11.4 Å². The molecule has 1 aliphatic heterocycles. The summed E-state index contributed by atoms with van der Waals surface area (Å²) in [7, 11) is 0. The van der Waals surface area contributed by atoms with E-state index in [1.807, 2.05) is 0 Å². The van der Waals surface area contributed by atoms with Crippen LogP contribution in [0.4, 0.5) is 13.2 Å². The molecule has 2 aliphatic rings. The molecule has 1 aromatic carbocycles. The number of alkyl halides is 3. The van der Waals surface area contributed by atoms with Crippen LogP contribution in [0, 0.1) is 0 Å². The van der Waals surface area contributed by atoms with E-state index in [1.165, 1.54) is 49.2 Å². The van der Waals surface area contributed by atoms with Crippen LogP contribution in [0.2, 0.25) is 0 Å². The molecular weight excluding hydrogens is 357 g/mol. The number of hydrogen-bond acceptors (Lipinski definition) is 3. The first kappa shape index (κ1) is 18.0. The van der Waals surface area contributed by atoms with Gasteiger partial charge in [-0.1, -0.05) is 31.0 Å². The van der Waals surface area contributed by atoms with Crippen molar-refractivity contribution in [3.8, 4) is 11.3 Å². The molecule has 140 valence electrons. The van der Waals surface area contributed by atoms with Gasteiger partial charge in [-0.3, -0.25) is 0 Å². The monoisotopic (exact) mass is 380 g/mol. The van der Waals surface area contributed by atoms with Gasteiger partial charge in [-0.25, -0.2) is 4.98 Å². The average Bonchev–Trinajstić information content (AvgIpc) is 3.33. The van der Waals surface area contributed by atoms with E-state index in [9.17, 15) is 13.2 Å². The molecule has 1 aliphatic carbocycles. The fraction of sp³-hybridized carbons (Fsp3) is 0.550. The van der Waals surface area contributed by atoms with Crippen LogP contribution in [0.25, 0.3) is 11.3 Å². The van der Waals surface area contributed by atoms with Gasteiger partial charge >= 0.3 is 6.18 Å². The molecule has 0 atom stereocenters. The molecule has 6 heteroatoms. The lowest BCUT2D eigenvalue weighted by molar-refractivity contribution is -0.137. The number of thiazole rings is 1. The summed E-state index contributed by atoms with van der Waals surface area (Å²) in [6.45, 7) is 2.17. The largest absolute Gasteiger partial charge is 0.417 e. The smallest absolute Gasteiger partial charge is 0.300 e. The summed E-state index contributed by atoms with van der Waals surface area (Å²) < 4.78 is 39.8. The fourth-order valence-electron chi connectivity index (χ4n) is 4.33. The van der Waals surface area contributed by atoms with Crippen LogP contribution >= 0.6 is 11.3 Å². The van der Waals surface area contributed by atoms with Gasteiger partial charge in [0.2, 0.25) is 0 Å². The Kier molecular flexibility index (Phi) is 5.06. The Balaban J connectivity index is 1.48. The minimum Gasteiger partial charge on any atom is -0.300 e. The zero-order valence-corrected chi connectivity index (χ0v) is 15.5. The molecule has 0 amide bonds. The van der Waals surface area contributed by atoms with E-state index in [0.29, 0.717) is 11.6 Å². The summed E-state index contributed by atoms with van der Waals surface area (Å²) in [4.78, 5) is 7.21. The minimum absolute atomic E-state index is 0.186. The second-order valence-electron chi connectivity index (χ2n) is 7.36. The number of benzene rings is 1. The van der Waals surface area contributed by atoms with E-state index in [-0.39, 0.29) is 5.56 Å². The highest BCUT2D eigenvalue weighted by atomic mass is 32.1. The molecule has 0 N–H and O–H groups in total. The van der Waals surface area contributed by atoms with Crippen LogP contribution in [0.3, 0.4) is 0 Å². The van der Waals surface area contributed by atoms with E-state index in [0.717, 1.165) is 43.0 Å². The lowest BCUT2D eigenvalue weighted by Crippen LogP contribution is -2.39. The van der Waals surface area contributed by atoms with Gasteiger partial charge in [0.05, 0.1) is 16.3 Å². The Morgan fingerprint density at radius 1 is 1.00 bits per heavy atom. The summed E-state index contributed by atoms with van der Waals surface area (Å²) in [5.74, 6) is 0.379. The number of halogens is 3. The van der Waals surface area contributed by atoms with E-state index < -0.39 is 11.7 Å². The van der Waals surface area contributed by atoms with Gasteiger partial charge < -0.3 is 4.90 Å². The molecule has 4 rings (SSSR count). The van der Waals surface area contributed by atoms with Gasteiger partial charge in [-0.05, 0) is 44.8 Å². The number of hydrogen-bond donors (Lipinski definition) is 0. The molecule has 2 fully saturated rings. The van der Waals surface area contributed by atoms with E-state index in [4.69, 9.17) is 0 Å². The van der Waals surface area contributed by atoms with Crippen LogP contribution < -0.4 is 0 Å². The van der Waals surface area contributed by atoms with Crippen LogP contribution in [0.5, 0.6) is 0 Å². The predicted molar refractivity (Wildman–Crippen MR) is 98.4 cm³/mol. The summed E-state index contributed by atoms with van der Waals surface area (Å²) in [5.41, 5.74) is 0.0370. The van der Waals surface area contributed by atoms with Crippen molar-refractivity contribution >= 4 is 11.3 Å². The maximum Gasteiger partial charge on any atom is 0.417 e. The lowest BCUT2D eigenvalue weighted by atomic mass is 9.96. The summed E-state index contributed by atoms with van der Waals surface area (Å²) in [5, 5.41) is 2.77. The maximum absolute atomic E-state index is 13.3. The first-order valence-corrected chi connectivity index (χ1v) is 10.3. The summed E-state index contributed by atoms with van der Waals surface area (Å²) in [6, 6.07) is 6.47. The highest BCUT2D eigenvalue weighted by Gasteiger charge is 2.34. The van der Waals surface area contributed by atoms with Crippen LogP contribution in [0.15, 0.2) is 29.6 Å². The third-order valence-corrected chi connectivity index (χ3v) is 6.76. The van der Waals surface area contributed by atoms with Crippen LogP contribution in [-0.2, 0) is 6.18 Å². The van der Waals surface area contributed by atoms with Crippen molar-refractivity contribution in [2.45, 2.75) is 56.7 Å². The normalized spacial score (nSPS) is 20.7. The Morgan fingerprint density at radius 3 is 2.38 bits per heavy atom. The quantitative estimate of drug-likeness (QED) is 0.654. The molecule has 2 aromatic rings. The molecule has 0 unspecified atom stereocenters. The Labute approximate surface area is 156 Å². The molecular formula is C20H23F3N2S. The van der Waals surface area contributed by atoms with Crippen molar-refractivity contribution in [1.82, 2.24) is 9.88 Å². The topological polar surface area (TPSA) is 16.1 Å². The molecule has 1 aromatic heterocycles. The highest BCUT2D eigenvalue weighted by molar-refractivity contribution is 7.10. The average molecular weight is 380 g/mol. The second kappa shape index (κ2) is 7.31. The molecule has 26 heavy (non-hydrogen) atoms. The zero-order valence-electron chi connectivity index (χ0n) is 14.6. The maximum atomic E-state index is 13.3. The summed E-state index contributed by atoms with van der Waals surface area (Å²) >= 11 is 1.51. The van der Waals surface area contributed by atoms with E-state index in [2.05, 4.69) is 9.88 Å². The van der Waals surface area contributed by atoms with Crippen molar-refractivity contribution in [1.29, 1.82) is 0 Å². The highest BCUT2D eigenvalue weighted by Crippen LogP contribution is 2.39. The zero-order chi connectivity index (χ0) is 18.1. The van der Waals surface area contributed by atoms with Gasteiger partial charge in [0, 0.05) is 22.9 Å². The number of likely N-dealkylation sites (tertiary alicyclic amines) is 1. The Hall–Kier alpha value is -1.40. The van der Waals surface area contributed by atoms with Crippen LogP contribution in [-0.4, -0.2) is 29.0 Å². The molecule has 1 saturated heterocycles. The predicted octanol–water partition coefficient (Wildman–Crippen LogP) is 5.95. The molecule has 1 saturated carbocycles. The van der Waals surface area contributed by atoms with Crippen molar-refractivity contribution < 1.29 is 13.2 Å². The molecule has 0 radical (unpaired) electrons. The molecule has 2 heterocycles. The third kappa shape index (κ3) is 3.67. The van der Waals surface area contributed by atoms with Crippen molar-refractivity contribution in [2.24, 2.45) is 0 Å².